The second kappa shape index (κ2) is 10.6. The first kappa shape index (κ1) is 24.3. The van der Waals surface area contributed by atoms with Crippen LogP contribution in [0.15, 0.2) is 40.7 Å². The number of thiazole rings is 1. The number of benzene rings is 1. The van der Waals surface area contributed by atoms with Gasteiger partial charge in [-0.25, -0.2) is 13.4 Å². The van der Waals surface area contributed by atoms with Crippen molar-refractivity contribution in [3.05, 3.63) is 41.4 Å². The first-order valence-corrected chi connectivity index (χ1v) is 14.2. The number of anilines is 1. The van der Waals surface area contributed by atoms with Crippen LogP contribution in [0.25, 0.3) is 0 Å². The normalized spacial score (nSPS) is 20.3. The molecule has 1 atom stereocenters. The van der Waals surface area contributed by atoms with Crippen LogP contribution in [0.2, 0.25) is 0 Å². The Bertz CT molecular complexity index is 1020. The lowest BCUT2D eigenvalue weighted by Crippen LogP contribution is -2.52. The summed E-state index contributed by atoms with van der Waals surface area (Å²) in [6.45, 7) is 5.98. The predicted molar refractivity (Wildman–Crippen MR) is 132 cm³/mol. The first-order valence-electron chi connectivity index (χ1n) is 11.9. The number of carbonyl (C=O) groups excluding carboxylic acids is 1. The van der Waals surface area contributed by atoms with Crippen LogP contribution in [0.4, 0.5) is 5.13 Å². The van der Waals surface area contributed by atoms with Gasteiger partial charge in [0.2, 0.25) is 15.9 Å². The molecule has 1 saturated heterocycles. The van der Waals surface area contributed by atoms with Gasteiger partial charge in [-0.2, -0.15) is 4.31 Å². The molecule has 2 heterocycles. The molecule has 1 aliphatic heterocycles. The van der Waals surface area contributed by atoms with Gasteiger partial charge in [0.25, 0.3) is 0 Å². The molecule has 0 spiro atoms. The predicted octanol–water partition coefficient (Wildman–Crippen LogP) is 3.90. The van der Waals surface area contributed by atoms with Crippen molar-refractivity contribution in [3.8, 4) is 0 Å². The van der Waals surface area contributed by atoms with Crippen molar-refractivity contribution in [1.29, 1.82) is 0 Å². The van der Waals surface area contributed by atoms with E-state index in [1.165, 1.54) is 17.8 Å². The number of carbonyl (C=O) groups is 1. The van der Waals surface area contributed by atoms with Crippen molar-refractivity contribution >= 4 is 32.4 Å². The second-order valence-corrected chi connectivity index (χ2v) is 11.9. The van der Waals surface area contributed by atoms with E-state index in [0.29, 0.717) is 37.5 Å². The Balaban J connectivity index is 1.46. The molecule has 4 rings (SSSR count). The number of hydrogen-bond acceptors (Lipinski definition) is 6. The van der Waals surface area contributed by atoms with Crippen molar-refractivity contribution in [2.24, 2.45) is 0 Å². The number of sulfonamides is 1. The molecule has 0 unspecified atom stereocenters. The zero-order valence-corrected chi connectivity index (χ0v) is 21.2. The van der Waals surface area contributed by atoms with Crippen LogP contribution in [0.3, 0.4) is 0 Å². The third-order valence-corrected chi connectivity index (χ3v) is 9.54. The molecular formula is C24H34N4O3S2. The summed E-state index contributed by atoms with van der Waals surface area (Å²) in [5, 5.41) is 2.69. The third-order valence-electron chi connectivity index (χ3n) is 6.86. The topological polar surface area (TPSA) is 73.8 Å². The minimum Gasteiger partial charge on any atom is -0.291 e. The maximum absolute atomic E-state index is 13.7. The molecule has 1 saturated carbocycles. The molecular weight excluding hydrogens is 456 g/mol. The summed E-state index contributed by atoms with van der Waals surface area (Å²) in [5.74, 6) is 0.0756. The van der Waals surface area contributed by atoms with E-state index in [0.717, 1.165) is 36.4 Å². The van der Waals surface area contributed by atoms with E-state index in [-0.39, 0.29) is 18.0 Å². The SMILES string of the molecule is Cc1ccc(S(=O)(=O)N2CCCN([C@@H](C)C(=O)N(c3nccs3)C3CCCCC3)CC2)cc1. The average Bonchev–Trinajstić information content (AvgIpc) is 3.22. The van der Waals surface area contributed by atoms with Crippen LogP contribution in [-0.4, -0.2) is 66.8 Å². The fraction of sp³-hybridized carbons (Fsp3) is 0.583. The highest BCUT2D eigenvalue weighted by atomic mass is 32.2. The second-order valence-electron chi connectivity index (χ2n) is 9.10. The lowest BCUT2D eigenvalue weighted by Gasteiger charge is -2.37. The van der Waals surface area contributed by atoms with Crippen LogP contribution in [0, 0.1) is 6.92 Å². The summed E-state index contributed by atoms with van der Waals surface area (Å²) >= 11 is 1.51. The van der Waals surface area contributed by atoms with E-state index < -0.39 is 10.0 Å². The smallest absolute Gasteiger partial charge is 0.246 e. The van der Waals surface area contributed by atoms with Gasteiger partial charge in [0.1, 0.15) is 0 Å². The quantitative estimate of drug-likeness (QED) is 0.614. The highest BCUT2D eigenvalue weighted by molar-refractivity contribution is 7.89. The molecule has 2 aliphatic rings. The molecule has 1 aromatic heterocycles. The zero-order chi connectivity index (χ0) is 23.4. The number of aryl methyl sites for hydroxylation is 1. The molecule has 0 N–H and O–H groups in total. The van der Waals surface area contributed by atoms with Crippen LogP contribution in [0.5, 0.6) is 0 Å². The molecule has 7 nitrogen and oxygen atoms in total. The Labute approximate surface area is 201 Å². The average molecular weight is 491 g/mol. The number of rotatable bonds is 6. The largest absolute Gasteiger partial charge is 0.291 e. The molecule has 1 aliphatic carbocycles. The summed E-state index contributed by atoms with van der Waals surface area (Å²) in [5.41, 5.74) is 1.03. The van der Waals surface area contributed by atoms with Crippen molar-refractivity contribution in [3.63, 3.8) is 0 Å². The molecule has 0 bridgehead atoms. The van der Waals surface area contributed by atoms with E-state index in [4.69, 9.17) is 0 Å². The van der Waals surface area contributed by atoms with Gasteiger partial charge in [-0.1, -0.05) is 37.0 Å². The lowest BCUT2D eigenvalue weighted by molar-refractivity contribution is -0.123. The van der Waals surface area contributed by atoms with Crippen LogP contribution in [0.1, 0.15) is 51.0 Å². The van der Waals surface area contributed by atoms with E-state index in [2.05, 4.69) is 9.88 Å². The molecule has 2 aromatic rings. The minimum atomic E-state index is -3.54. The van der Waals surface area contributed by atoms with Gasteiger partial charge in [0, 0.05) is 43.8 Å². The molecule has 0 radical (unpaired) electrons. The van der Waals surface area contributed by atoms with Crippen molar-refractivity contribution < 1.29 is 13.2 Å². The van der Waals surface area contributed by atoms with Gasteiger partial charge in [-0.05, 0) is 45.2 Å². The van der Waals surface area contributed by atoms with Gasteiger partial charge in [0.05, 0.1) is 10.9 Å². The fourth-order valence-corrected chi connectivity index (χ4v) is 7.05. The molecule has 180 valence electrons. The maximum Gasteiger partial charge on any atom is 0.246 e. The van der Waals surface area contributed by atoms with E-state index in [1.54, 1.807) is 22.6 Å². The highest BCUT2D eigenvalue weighted by Gasteiger charge is 2.35. The molecule has 33 heavy (non-hydrogen) atoms. The Morgan fingerprint density at radius 2 is 1.79 bits per heavy atom. The van der Waals surface area contributed by atoms with Crippen molar-refractivity contribution in [2.75, 3.05) is 31.1 Å². The van der Waals surface area contributed by atoms with Gasteiger partial charge in [-0.3, -0.25) is 14.6 Å². The number of aromatic nitrogens is 1. The summed E-state index contributed by atoms with van der Waals surface area (Å²) in [7, 11) is -3.54. The van der Waals surface area contributed by atoms with E-state index >= 15 is 0 Å². The van der Waals surface area contributed by atoms with Crippen LogP contribution in [-0.2, 0) is 14.8 Å². The molecule has 9 heteroatoms. The highest BCUT2D eigenvalue weighted by Crippen LogP contribution is 2.30. The maximum atomic E-state index is 13.7. The molecule has 1 amide bonds. The third kappa shape index (κ3) is 5.48. The number of nitrogens with zero attached hydrogens (tertiary/aromatic N) is 4. The lowest BCUT2D eigenvalue weighted by atomic mass is 9.94. The standard InChI is InChI=1S/C24H34N4O3S2/c1-19-9-11-22(12-10-19)33(30,31)27-15-6-14-26(16-17-27)20(2)23(29)28(24-25-13-18-32-24)21-7-4-3-5-8-21/h9-13,18,20-21H,3-8,14-17H2,1-2H3/t20-/m0/s1. The van der Waals surface area contributed by atoms with Crippen molar-refractivity contribution in [2.45, 2.75) is 69.4 Å². The summed E-state index contributed by atoms with van der Waals surface area (Å²) in [6, 6.07) is 6.89. The molecule has 1 aromatic carbocycles. The Morgan fingerprint density at radius 1 is 1.06 bits per heavy atom. The van der Waals surface area contributed by atoms with Gasteiger partial charge in [0.15, 0.2) is 5.13 Å². The summed E-state index contributed by atoms with van der Waals surface area (Å²) in [4.78, 5) is 22.6. The Kier molecular flexibility index (Phi) is 7.83. The number of hydrogen-bond donors (Lipinski definition) is 0. The van der Waals surface area contributed by atoms with Crippen molar-refractivity contribution in [1.82, 2.24) is 14.2 Å². The minimum absolute atomic E-state index is 0.0756. The van der Waals surface area contributed by atoms with Gasteiger partial charge in [-0.15, -0.1) is 11.3 Å². The monoisotopic (exact) mass is 490 g/mol. The van der Waals surface area contributed by atoms with Gasteiger partial charge < -0.3 is 0 Å². The zero-order valence-electron chi connectivity index (χ0n) is 19.5. The Morgan fingerprint density at radius 3 is 2.45 bits per heavy atom. The van der Waals surface area contributed by atoms with Gasteiger partial charge >= 0.3 is 0 Å². The van der Waals surface area contributed by atoms with E-state index in [9.17, 15) is 13.2 Å². The Hall–Kier alpha value is -1.81. The molecule has 2 fully saturated rings. The van der Waals surface area contributed by atoms with Crippen LogP contribution >= 0.6 is 11.3 Å². The first-order chi connectivity index (χ1) is 15.9. The fourth-order valence-electron chi connectivity index (χ4n) is 4.86. The summed E-state index contributed by atoms with van der Waals surface area (Å²) < 4.78 is 27.9. The van der Waals surface area contributed by atoms with Crippen LogP contribution < -0.4 is 4.90 Å². The number of amides is 1. The summed E-state index contributed by atoms with van der Waals surface area (Å²) in [6.07, 6.45) is 8.00. The van der Waals surface area contributed by atoms with E-state index in [1.807, 2.05) is 36.3 Å².